The third-order valence-corrected chi connectivity index (χ3v) is 10.3. The molecular weight excluding hydrogens is 356 g/mol. The van der Waals surface area contributed by atoms with Crippen molar-refractivity contribution in [3.63, 3.8) is 0 Å². The highest BCUT2D eigenvalue weighted by atomic mass is 16.5. The number of ether oxygens (including phenoxy) is 1. The first-order valence-corrected chi connectivity index (χ1v) is 12.7. The highest BCUT2D eigenvalue weighted by molar-refractivity contribution is 5.39. The van der Waals surface area contributed by atoms with Gasteiger partial charge in [-0.1, -0.05) is 59.5 Å². The first-order chi connectivity index (χ1) is 13.6. The van der Waals surface area contributed by atoms with E-state index in [9.17, 15) is 5.11 Å². The summed E-state index contributed by atoms with van der Waals surface area (Å²) in [5.41, 5.74) is 3.94. The molecule has 29 heavy (non-hydrogen) atoms. The van der Waals surface area contributed by atoms with Crippen LogP contribution in [-0.2, 0) is 4.74 Å². The van der Waals surface area contributed by atoms with E-state index in [4.69, 9.17) is 4.74 Å². The van der Waals surface area contributed by atoms with Gasteiger partial charge in [-0.25, -0.2) is 0 Å². The summed E-state index contributed by atoms with van der Waals surface area (Å²) in [7, 11) is 0. The second-order valence-electron chi connectivity index (χ2n) is 12.2. The molecule has 1 N–H and O–H groups in total. The van der Waals surface area contributed by atoms with E-state index in [-0.39, 0.29) is 17.1 Å². The molecule has 0 spiro atoms. The Balaban J connectivity index is 1.59. The molecule has 0 aromatic rings. The van der Waals surface area contributed by atoms with Gasteiger partial charge in [0.05, 0.1) is 18.3 Å². The van der Waals surface area contributed by atoms with Crippen LogP contribution in [0.3, 0.4) is 0 Å². The molecule has 4 rings (SSSR count). The van der Waals surface area contributed by atoms with Gasteiger partial charge < -0.3 is 9.84 Å². The van der Waals surface area contributed by atoms with E-state index in [0.29, 0.717) is 17.3 Å². The Hall–Kier alpha value is -0.340. The molecule has 0 radical (unpaired) electrons. The lowest BCUT2D eigenvalue weighted by molar-refractivity contribution is -0.0474. The Kier molecular flexibility index (Phi) is 5.78. The Labute approximate surface area is 179 Å². The second kappa shape index (κ2) is 7.66. The number of aliphatic hydroxyl groups is 1. The maximum atomic E-state index is 10.3. The van der Waals surface area contributed by atoms with Crippen LogP contribution in [0.25, 0.3) is 0 Å². The van der Waals surface area contributed by atoms with Crippen molar-refractivity contribution in [1.29, 1.82) is 0 Å². The van der Waals surface area contributed by atoms with Crippen LogP contribution >= 0.6 is 0 Å². The lowest BCUT2D eigenvalue weighted by Gasteiger charge is -2.57. The number of aliphatic hydroxyl groups excluding tert-OH is 1. The van der Waals surface area contributed by atoms with Crippen molar-refractivity contribution in [3.05, 3.63) is 11.1 Å². The lowest BCUT2D eigenvalue weighted by atomic mass is 9.48. The van der Waals surface area contributed by atoms with E-state index in [2.05, 4.69) is 41.5 Å². The normalized spacial score (nSPS) is 45.7. The monoisotopic (exact) mass is 402 g/mol. The summed E-state index contributed by atoms with van der Waals surface area (Å²) in [5, 5.41) is 10.3. The number of hydrogen-bond acceptors (Lipinski definition) is 2. The topological polar surface area (TPSA) is 29.5 Å². The molecule has 0 aromatic carbocycles. The molecule has 4 aliphatic rings. The highest BCUT2D eigenvalue weighted by Crippen LogP contribution is 2.66. The van der Waals surface area contributed by atoms with Crippen LogP contribution < -0.4 is 0 Å². The van der Waals surface area contributed by atoms with Gasteiger partial charge in [0.2, 0.25) is 0 Å². The van der Waals surface area contributed by atoms with Crippen LogP contribution in [0.5, 0.6) is 0 Å². The summed E-state index contributed by atoms with van der Waals surface area (Å²) in [6.45, 7) is 15.7. The van der Waals surface area contributed by atoms with Crippen molar-refractivity contribution in [2.45, 2.75) is 117 Å². The molecule has 0 unspecified atom stereocenters. The van der Waals surface area contributed by atoms with Gasteiger partial charge >= 0.3 is 0 Å². The van der Waals surface area contributed by atoms with Gasteiger partial charge in [-0.15, -0.1) is 0 Å². The van der Waals surface area contributed by atoms with Crippen molar-refractivity contribution >= 4 is 0 Å². The predicted octanol–water partition coefficient (Wildman–Crippen LogP) is 6.91. The zero-order chi connectivity index (χ0) is 21.0. The zero-order valence-corrected chi connectivity index (χ0v) is 20.0. The third kappa shape index (κ3) is 3.36. The molecule has 2 heteroatoms. The summed E-state index contributed by atoms with van der Waals surface area (Å²) in [4.78, 5) is 0. The number of fused-ring (bicyclic) bond motifs is 4. The maximum Gasteiger partial charge on any atom is 0.0923 e. The summed E-state index contributed by atoms with van der Waals surface area (Å²) in [6, 6.07) is 0. The fourth-order valence-electron chi connectivity index (χ4n) is 8.03. The fraction of sp³-hybridized carbons (Fsp3) is 0.926. The molecule has 166 valence electrons. The van der Waals surface area contributed by atoms with Crippen molar-refractivity contribution in [1.82, 2.24) is 0 Å². The highest BCUT2D eigenvalue weighted by Gasteiger charge is 2.62. The molecule has 7 atom stereocenters. The van der Waals surface area contributed by atoms with Gasteiger partial charge in [0.15, 0.2) is 0 Å². The van der Waals surface area contributed by atoms with Gasteiger partial charge in [0.25, 0.3) is 0 Å². The van der Waals surface area contributed by atoms with E-state index in [1.54, 1.807) is 11.1 Å². The van der Waals surface area contributed by atoms with E-state index in [0.717, 1.165) is 31.3 Å². The molecule has 0 aromatic heterocycles. The summed E-state index contributed by atoms with van der Waals surface area (Å²) in [6.07, 6.45) is 12.1. The van der Waals surface area contributed by atoms with E-state index in [1.807, 2.05) is 0 Å². The molecule has 0 amide bonds. The van der Waals surface area contributed by atoms with Crippen molar-refractivity contribution in [2.24, 2.45) is 34.5 Å². The van der Waals surface area contributed by atoms with Crippen LogP contribution in [0.4, 0.5) is 0 Å². The zero-order valence-electron chi connectivity index (χ0n) is 20.0. The molecule has 1 saturated carbocycles. The number of rotatable bonds is 5. The Morgan fingerprint density at radius 2 is 1.76 bits per heavy atom. The maximum absolute atomic E-state index is 10.3. The standard InChI is InChI=1S/C27H46O2/c1-18(2)8-7-9-19(3)24-17-29-27(6)23-11-10-20-16-21(28)12-14-25(20,4)22(23)13-15-26(24,27)5/h18-21,24,28H,7-17H2,1-6H3/t19-,20+,21+,24-,25+,26-,27+/m1/s1. The number of allylic oxidation sites excluding steroid dienone is 1. The third-order valence-electron chi connectivity index (χ3n) is 10.3. The van der Waals surface area contributed by atoms with Gasteiger partial charge in [0, 0.05) is 5.41 Å². The van der Waals surface area contributed by atoms with Crippen LogP contribution in [0.15, 0.2) is 11.1 Å². The molecule has 1 aliphatic heterocycles. The Morgan fingerprint density at radius 3 is 2.48 bits per heavy atom. The molecule has 2 fully saturated rings. The minimum absolute atomic E-state index is 0.0679. The quantitative estimate of drug-likeness (QED) is 0.506. The predicted molar refractivity (Wildman–Crippen MR) is 121 cm³/mol. The van der Waals surface area contributed by atoms with Gasteiger partial charge in [-0.2, -0.15) is 0 Å². The SMILES string of the molecule is CC(C)CCC[C@@H](C)[C@H]1CO[C@@]2(C)C3=C(CC[C@]12C)[C@@]1(C)CC[C@H](O)C[C@@H]1CC3. The van der Waals surface area contributed by atoms with Crippen molar-refractivity contribution in [3.8, 4) is 0 Å². The fourth-order valence-corrected chi connectivity index (χ4v) is 8.03. The van der Waals surface area contributed by atoms with Crippen LogP contribution in [0.1, 0.15) is 106 Å². The van der Waals surface area contributed by atoms with E-state index in [1.165, 1.54) is 51.4 Å². The first kappa shape index (κ1) is 21.9. The average molecular weight is 403 g/mol. The van der Waals surface area contributed by atoms with Gasteiger partial charge in [-0.05, 0) is 86.5 Å². The van der Waals surface area contributed by atoms with Crippen molar-refractivity contribution < 1.29 is 9.84 Å². The van der Waals surface area contributed by atoms with Gasteiger partial charge in [0.1, 0.15) is 0 Å². The summed E-state index contributed by atoms with van der Waals surface area (Å²) >= 11 is 0. The Bertz CT molecular complexity index is 651. The summed E-state index contributed by atoms with van der Waals surface area (Å²) < 4.78 is 6.82. The average Bonchev–Trinajstić information content (AvgIpc) is 2.93. The van der Waals surface area contributed by atoms with Crippen molar-refractivity contribution in [2.75, 3.05) is 6.61 Å². The van der Waals surface area contributed by atoms with E-state index >= 15 is 0 Å². The summed E-state index contributed by atoms with van der Waals surface area (Å²) in [5.74, 6) is 2.92. The second-order valence-corrected chi connectivity index (χ2v) is 12.2. The smallest absolute Gasteiger partial charge is 0.0923 e. The largest absolute Gasteiger partial charge is 0.393 e. The van der Waals surface area contributed by atoms with Gasteiger partial charge in [-0.3, -0.25) is 0 Å². The van der Waals surface area contributed by atoms with Crippen LogP contribution in [0, 0.1) is 34.5 Å². The molecule has 1 heterocycles. The van der Waals surface area contributed by atoms with Crippen LogP contribution in [0.2, 0.25) is 0 Å². The van der Waals surface area contributed by atoms with Crippen LogP contribution in [-0.4, -0.2) is 23.4 Å². The minimum atomic E-state index is -0.0709. The molecular formula is C27H46O2. The molecule has 0 bridgehead atoms. The molecule has 1 saturated heterocycles. The van der Waals surface area contributed by atoms with E-state index < -0.39 is 0 Å². The lowest BCUT2D eigenvalue weighted by Crippen LogP contribution is -2.53. The first-order valence-electron chi connectivity index (χ1n) is 12.7. The molecule has 2 nitrogen and oxygen atoms in total. The number of hydrogen-bond donors (Lipinski definition) is 1. The molecule has 3 aliphatic carbocycles. The minimum Gasteiger partial charge on any atom is -0.393 e. The Morgan fingerprint density at radius 1 is 1.00 bits per heavy atom.